The lowest BCUT2D eigenvalue weighted by Crippen LogP contribution is -2.53. The molecule has 0 saturated heterocycles. The standard InChI is InChI=1S/C36H47F2N5O6S/c1-6-14-42(15-7-2)36(47)29-20-27(19-28(21-29)35(46)41(4)5)34(45)39-32(18-26-16-30(37)22-31(38)17-26)33(44)23-43(8-3)40-50(48,49)24-25-12-10-9-11-13-25/h9-13,16-17,19-22,32-33,40,44H,6-8,14-15,18,23-24H2,1-5H3,(H,39,45). The Kier molecular flexibility index (Phi) is 15.0. The molecular formula is C36H47F2N5O6S. The molecule has 0 fully saturated rings. The molecule has 3 aromatic rings. The van der Waals surface area contributed by atoms with Crippen LogP contribution in [-0.2, 0) is 22.2 Å². The third kappa shape index (κ3) is 12.0. The van der Waals surface area contributed by atoms with Gasteiger partial charge in [0, 0.05) is 63.0 Å². The fourth-order valence-corrected chi connectivity index (χ4v) is 6.72. The van der Waals surface area contributed by atoms with E-state index in [9.17, 15) is 36.7 Å². The number of carbonyl (C=O) groups excluding carboxylic acids is 3. The summed E-state index contributed by atoms with van der Waals surface area (Å²) in [5.41, 5.74) is 0.844. The third-order valence-electron chi connectivity index (χ3n) is 7.79. The molecule has 0 aromatic heterocycles. The molecule has 0 radical (unpaired) electrons. The first-order valence-corrected chi connectivity index (χ1v) is 18.2. The Morgan fingerprint density at radius 1 is 0.800 bits per heavy atom. The van der Waals surface area contributed by atoms with Gasteiger partial charge in [0.25, 0.3) is 17.7 Å². The van der Waals surface area contributed by atoms with Crippen molar-refractivity contribution < 1.29 is 36.7 Å². The predicted octanol–water partition coefficient (Wildman–Crippen LogP) is 3.99. The highest BCUT2D eigenvalue weighted by Gasteiger charge is 2.28. The van der Waals surface area contributed by atoms with E-state index in [1.807, 2.05) is 13.8 Å². The van der Waals surface area contributed by atoms with Crippen molar-refractivity contribution in [2.24, 2.45) is 0 Å². The molecule has 0 aliphatic carbocycles. The van der Waals surface area contributed by atoms with Gasteiger partial charge < -0.3 is 20.2 Å². The highest BCUT2D eigenvalue weighted by atomic mass is 32.2. The van der Waals surface area contributed by atoms with E-state index in [2.05, 4.69) is 10.1 Å². The van der Waals surface area contributed by atoms with Gasteiger partial charge in [-0.3, -0.25) is 14.4 Å². The number of amides is 3. The van der Waals surface area contributed by atoms with Crippen LogP contribution in [0.4, 0.5) is 8.78 Å². The van der Waals surface area contributed by atoms with Crippen molar-refractivity contribution in [1.29, 1.82) is 0 Å². The number of carbonyl (C=O) groups is 3. The number of nitrogens with zero attached hydrogens (tertiary/aromatic N) is 3. The van der Waals surface area contributed by atoms with Crippen LogP contribution in [-0.4, -0.2) is 98.5 Å². The van der Waals surface area contributed by atoms with Crippen molar-refractivity contribution in [2.45, 2.75) is 57.9 Å². The van der Waals surface area contributed by atoms with Crippen LogP contribution in [0.1, 0.15) is 75.8 Å². The summed E-state index contributed by atoms with van der Waals surface area (Å²) in [6.07, 6.45) is -0.291. The van der Waals surface area contributed by atoms with Gasteiger partial charge in [-0.25, -0.2) is 22.2 Å². The molecule has 50 heavy (non-hydrogen) atoms. The number of hydrogen-bond acceptors (Lipinski definition) is 7. The van der Waals surface area contributed by atoms with E-state index < -0.39 is 45.6 Å². The molecule has 0 aliphatic rings. The first kappa shape index (κ1) is 40.2. The van der Waals surface area contributed by atoms with Crippen LogP contribution in [0.25, 0.3) is 0 Å². The van der Waals surface area contributed by atoms with Crippen LogP contribution in [0, 0.1) is 11.6 Å². The number of aliphatic hydroxyl groups excluding tert-OH is 1. The maximum Gasteiger partial charge on any atom is 0.253 e. The van der Waals surface area contributed by atoms with Crippen LogP contribution in [0.5, 0.6) is 0 Å². The van der Waals surface area contributed by atoms with Gasteiger partial charge in [0.1, 0.15) is 11.6 Å². The topological polar surface area (TPSA) is 139 Å². The highest BCUT2D eigenvalue weighted by Crippen LogP contribution is 2.18. The zero-order chi connectivity index (χ0) is 37.0. The third-order valence-corrected chi connectivity index (χ3v) is 9.04. The second-order valence-electron chi connectivity index (χ2n) is 12.3. The van der Waals surface area contributed by atoms with Gasteiger partial charge in [-0.2, -0.15) is 0 Å². The Labute approximate surface area is 293 Å². The Morgan fingerprint density at radius 2 is 1.36 bits per heavy atom. The maximum atomic E-state index is 14.2. The van der Waals surface area contributed by atoms with Crippen LogP contribution in [0.3, 0.4) is 0 Å². The minimum Gasteiger partial charge on any atom is -0.390 e. The molecule has 14 heteroatoms. The van der Waals surface area contributed by atoms with Crippen molar-refractivity contribution in [3.05, 3.63) is 106 Å². The van der Waals surface area contributed by atoms with Crippen LogP contribution in [0.15, 0.2) is 66.7 Å². The average molecular weight is 716 g/mol. The maximum absolute atomic E-state index is 14.2. The zero-order valence-corrected chi connectivity index (χ0v) is 30.0. The molecule has 0 aliphatic heterocycles. The summed E-state index contributed by atoms with van der Waals surface area (Å²) in [6, 6.07) is 14.3. The smallest absolute Gasteiger partial charge is 0.253 e. The molecule has 11 nitrogen and oxygen atoms in total. The molecule has 272 valence electrons. The van der Waals surface area contributed by atoms with Crippen LogP contribution in [0.2, 0.25) is 0 Å². The number of nitrogens with one attached hydrogen (secondary N) is 2. The monoisotopic (exact) mass is 715 g/mol. The number of aliphatic hydroxyl groups is 1. The molecule has 0 heterocycles. The van der Waals surface area contributed by atoms with E-state index in [0.29, 0.717) is 37.6 Å². The first-order valence-electron chi connectivity index (χ1n) is 16.5. The van der Waals surface area contributed by atoms with E-state index in [1.165, 1.54) is 42.2 Å². The van der Waals surface area contributed by atoms with Gasteiger partial charge in [0.05, 0.1) is 17.9 Å². The van der Waals surface area contributed by atoms with Gasteiger partial charge in [0.15, 0.2) is 0 Å². The van der Waals surface area contributed by atoms with Crippen molar-refractivity contribution in [3.63, 3.8) is 0 Å². The number of benzene rings is 3. The number of hydrazine groups is 1. The fourth-order valence-electron chi connectivity index (χ4n) is 5.43. The Balaban J connectivity index is 1.96. The van der Waals surface area contributed by atoms with Crippen molar-refractivity contribution in [2.75, 3.05) is 40.3 Å². The largest absolute Gasteiger partial charge is 0.390 e. The van der Waals surface area contributed by atoms with E-state index in [1.54, 1.807) is 42.2 Å². The molecule has 0 bridgehead atoms. The summed E-state index contributed by atoms with van der Waals surface area (Å²) in [5.74, 6) is -3.60. The van der Waals surface area contributed by atoms with Gasteiger partial charge in [0.2, 0.25) is 10.0 Å². The SMILES string of the molecule is CCCN(CCC)C(=O)c1cc(C(=O)NC(Cc2cc(F)cc(F)c2)C(O)CN(CC)NS(=O)(=O)Cc2ccccc2)cc(C(=O)N(C)C)c1. The Bertz CT molecular complexity index is 1700. The van der Waals surface area contributed by atoms with Crippen molar-refractivity contribution in [3.8, 4) is 0 Å². The van der Waals surface area contributed by atoms with E-state index in [0.717, 1.165) is 12.1 Å². The number of sulfonamides is 1. The number of halogens is 2. The molecule has 3 amide bonds. The minimum absolute atomic E-state index is 0.0486. The summed E-state index contributed by atoms with van der Waals surface area (Å²) in [5, 5.41) is 15.4. The lowest BCUT2D eigenvalue weighted by atomic mass is 9.99. The van der Waals surface area contributed by atoms with E-state index in [4.69, 9.17) is 0 Å². The van der Waals surface area contributed by atoms with Gasteiger partial charge in [-0.05, 0) is 60.7 Å². The van der Waals surface area contributed by atoms with Gasteiger partial charge in [-0.15, -0.1) is 4.83 Å². The fraction of sp³-hybridized carbons (Fsp3) is 0.417. The van der Waals surface area contributed by atoms with Gasteiger partial charge >= 0.3 is 0 Å². The molecule has 3 rings (SSSR count). The second kappa shape index (κ2) is 18.7. The number of likely N-dealkylation sites (N-methyl/N-ethyl adjacent to an activating group) is 1. The van der Waals surface area contributed by atoms with E-state index in [-0.39, 0.29) is 53.4 Å². The second-order valence-corrected chi connectivity index (χ2v) is 14.0. The van der Waals surface area contributed by atoms with E-state index >= 15 is 0 Å². The summed E-state index contributed by atoms with van der Waals surface area (Å²) in [7, 11) is -0.822. The molecule has 0 spiro atoms. The summed E-state index contributed by atoms with van der Waals surface area (Å²) < 4.78 is 54.2. The molecule has 2 atom stereocenters. The van der Waals surface area contributed by atoms with Crippen molar-refractivity contribution in [1.82, 2.24) is 25.0 Å². The summed E-state index contributed by atoms with van der Waals surface area (Å²) >= 11 is 0. The normalized spacial score (nSPS) is 12.7. The number of hydrogen-bond donors (Lipinski definition) is 3. The number of rotatable bonds is 18. The Hall–Kier alpha value is -4.24. The average Bonchev–Trinajstić information content (AvgIpc) is 3.06. The first-order chi connectivity index (χ1) is 23.7. The minimum atomic E-state index is -3.90. The molecule has 2 unspecified atom stereocenters. The Morgan fingerprint density at radius 3 is 1.90 bits per heavy atom. The molecule has 3 aromatic carbocycles. The predicted molar refractivity (Wildman–Crippen MR) is 188 cm³/mol. The van der Waals surface area contributed by atoms with Crippen LogP contribution < -0.4 is 10.1 Å². The van der Waals surface area contributed by atoms with Crippen molar-refractivity contribution >= 4 is 27.7 Å². The summed E-state index contributed by atoms with van der Waals surface area (Å²) in [4.78, 5) is 45.9. The molecule has 3 N–H and O–H groups in total. The summed E-state index contributed by atoms with van der Waals surface area (Å²) in [6.45, 7) is 6.31. The highest BCUT2D eigenvalue weighted by molar-refractivity contribution is 7.88. The zero-order valence-electron chi connectivity index (χ0n) is 29.2. The molecule has 0 saturated carbocycles. The van der Waals surface area contributed by atoms with Gasteiger partial charge in [-0.1, -0.05) is 51.1 Å². The quantitative estimate of drug-likeness (QED) is 0.169. The lowest BCUT2D eigenvalue weighted by molar-refractivity contribution is 0.0634. The molecular weight excluding hydrogens is 668 g/mol. The van der Waals surface area contributed by atoms with Crippen LogP contribution >= 0.6 is 0 Å². The lowest BCUT2D eigenvalue weighted by Gasteiger charge is -2.30.